The van der Waals surface area contributed by atoms with Crippen LogP contribution >= 0.6 is 0 Å². The fraction of sp³-hybridized carbons (Fsp3) is 0.208. The van der Waals surface area contributed by atoms with Crippen LogP contribution in [0.25, 0.3) is 28.5 Å². The lowest BCUT2D eigenvalue weighted by atomic mass is 10.1. The van der Waals surface area contributed by atoms with E-state index in [-0.39, 0.29) is 12.3 Å². The molecule has 0 unspecified atom stereocenters. The lowest BCUT2D eigenvalue weighted by Crippen LogP contribution is -2.24. The van der Waals surface area contributed by atoms with Crippen LogP contribution in [0.5, 0.6) is 5.75 Å². The minimum Gasteiger partial charge on any atom is -0.497 e. The molecular formula is C24H22N6O3. The second-order valence-corrected chi connectivity index (χ2v) is 7.30. The third-order valence-electron chi connectivity index (χ3n) is 5.11. The molecule has 0 radical (unpaired) electrons. The molecule has 2 heterocycles. The number of aromatic nitrogens is 4. The molecule has 0 spiro atoms. The largest absolute Gasteiger partial charge is 0.497 e. The topological polar surface area (TPSA) is 119 Å². The van der Waals surface area contributed by atoms with Crippen molar-refractivity contribution in [2.24, 2.45) is 0 Å². The van der Waals surface area contributed by atoms with Crippen molar-refractivity contribution < 1.29 is 13.9 Å². The Labute approximate surface area is 190 Å². The maximum Gasteiger partial charge on any atom is 0.268 e. The molecule has 9 heteroatoms. The molecule has 2 aromatic heterocycles. The van der Waals surface area contributed by atoms with Gasteiger partial charge in [-0.2, -0.15) is 10.4 Å². The standard InChI is InChI=1S/C24H22N6O3/c1-15-21(24-28-27-16(2)33-24)29-30(22(15)17-7-11-20(32-3)12-8-17)19-9-5-18(6-10-19)23(31)26-14-4-13-25/h5-12H,4,14H2,1-3H3,(H,26,31). The highest BCUT2D eigenvalue weighted by Gasteiger charge is 2.22. The van der Waals surface area contributed by atoms with Gasteiger partial charge in [0.1, 0.15) is 5.75 Å². The molecule has 0 bridgehead atoms. The van der Waals surface area contributed by atoms with Gasteiger partial charge in [-0.25, -0.2) is 4.68 Å². The fourth-order valence-corrected chi connectivity index (χ4v) is 3.45. The lowest BCUT2D eigenvalue weighted by Gasteiger charge is -2.10. The van der Waals surface area contributed by atoms with Gasteiger partial charge in [0.05, 0.1) is 31.0 Å². The van der Waals surface area contributed by atoms with Crippen LogP contribution in [0, 0.1) is 25.2 Å². The number of ether oxygens (including phenoxy) is 1. The second kappa shape index (κ2) is 9.36. The molecule has 1 N–H and O–H groups in total. The van der Waals surface area contributed by atoms with Crippen LogP contribution in [0.1, 0.15) is 28.2 Å². The van der Waals surface area contributed by atoms with Gasteiger partial charge in [0, 0.05) is 30.2 Å². The summed E-state index contributed by atoms with van der Waals surface area (Å²) in [6.07, 6.45) is 0.263. The third kappa shape index (κ3) is 4.45. The van der Waals surface area contributed by atoms with Crippen molar-refractivity contribution in [3.05, 3.63) is 65.5 Å². The number of aryl methyl sites for hydroxylation is 1. The van der Waals surface area contributed by atoms with E-state index in [0.717, 1.165) is 28.3 Å². The normalized spacial score (nSPS) is 10.6. The number of nitrogens with zero attached hydrogens (tertiary/aromatic N) is 5. The predicted molar refractivity (Wildman–Crippen MR) is 121 cm³/mol. The number of rotatable bonds is 7. The van der Waals surface area contributed by atoms with E-state index in [4.69, 9.17) is 19.5 Å². The molecule has 4 aromatic rings. The molecule has 0 fully saturated rings. The second-order valence-electron chi connectivity index (χ2n) is 7.30. The molecular weight excluding hydrogens is 420 g/mol. The monoisotopic (exact) mass is 442 g/mol. The summed E-state index contributed by atoms with van der Waals surface area (Å²) >= 11 is 0. The average Bonchev–Trinajstić information content (AvgIpc) is 3.42. The first-order valence-corrected chi connectivity index (χ1v) is 10.3. The number of carbonyl (C=O) groups is 1. The Bertz CT molecular complexity index is 1310. The first-order chi connectivity index (χ1) is 16.0. The van der Waals surface area contributed by atoms with Gasteiger partial charge in [-0.05, 0) is 55.5 Å². The summed E-state index contributed by atoms with van der Waals surface area (Å²) in [7, 11) is 1.62. The van der Waals surface area contributed by atoms with Gasteiger partial charge in [-0.15, -0.1) is 10.2 Å². The van der Waals surface area contributed by atoms with E-state index in [2.05, 4.69) is 15.5 Å². The summed E-state index contributed by atoms with van der Waals surface area (Å²) in [6.45, 7) is 3.99. The Kier molecular flexibility index (Phi) is 6.17. The average molecular weight is 442 g/mol. The molecule has 0 saturated carbocycles. The number of amides is 1. The number of hydrogen-bond donors (Lipinski definition) is 1. The highest BCUT2D eigenvalue weighted by atomic mass is 16.5. The molecule has 9 nitrogen and oxygen atoms in total. The third-order valence-corrected chi connectivity index (χ3v) is 5.11. The molecule has 0 aliphatic carbocycles. The zero-order chi connectivity index (χ0) is 23.4. The Hall–Kier alpha value is -4.45. The number of hydrogen-bond acceptors (Lipinski definition) is 7. The van der Waals surface area contributed by atoms with Gasteiger partial charge in [0.2, 0.25) is 5.89 Å². The van der Waals surface area contributed by atoms with Gasteiger partial charge < -0.3 is 14.5 Å². The number of nitriles is 1. The molecule has 33 heavy (non-hydrogen) atoms. The summed E-state index contributed by atoms with van der Waals surface area (Å²) in [5.74, 6) is 1.32. The quantitative estimate of drug-likeness (QED) is 0.432. The Balaban J connectivity index is 1.76. The van der Waals surface area contributed by atoms with Crippen molar-refractivity contribution in [3.8, 4) is 40.3 Å². The van der Waals surface area contributed by atoms with Crippen molar-refractivity contribution in [3.63, 3.8) is 0 Å². The smallest absolute Gasteiger partial charge is 0.268 e. The van der Waals surface area contributed by atoms with Gasteiger partial charge in [0.15, 0.2) is 5.69 Å². The number of methoxy groups -OCH3 is 1. The predicted octanol–water partition coefficient (Wildman–Crippen LogP) is 3.86. The summed E-state index contributed by atoms with van der Waals surface area (Å²) in [4.78, 5) is 12.3. The molecule has 2 aromatic carbocycles. The number of benzene rings is 2. The van der Waals surface area contributed by atoms with E-state index in [1.807, 2.05) is 49.4 Å². The summed E-state index contributed by atoms with van der Waals surface area (Å²) < 4.78 is 12.7. The van der Waals surface area contributed by atoms with E-state index in [0.29, 0.717) is 29.6 Å². The maximum absolute atomic E-state index is 12.3. The fourth-order valence-electron chi connectivity index (χ4n) is 3.45. The molecule has 4 rings (SSSR count). The van der Waals surface area contributed by atoms with E-state index in [9.17, 15) is 4.79 Å². The van der Waals surface area contributed by atoms with Crippen molar-refractivity contribution >= 4 is 5.91 Å². The highest BCUT2D eigenvalue weighted by Crippen LogP contribution is 2.34. The molecule has 0 aliphatic heterocycles. The van der Waals surface area contributed by atoms with Crippen LogP contribution in [0.2, 0.25) is 0 Å². The maximum atomic E-state index is 12.3. The van der Waals surface area contributed by atoms with Gasteiger partial charge in [-0.3, -0.25) is 4.79 Å². The van der Waals surface area contributed by atoms with Crippen LogP contribution in [0.4, 0.5) is 0 Å². The molecule has 0 atom stereocenters. The SMILES string of the molecule is COc1ccc(-c2c(C)c(-c3nnc(C)o3)nn2-c2ccc(C(=O)NCCC#N)cc2)cc1. The molecule has 0 saturated heterocycles. The van der Waals surface area contributed by atoms with Gasteiger partial charge >= 0.3 is 0 Å². The van der Waals surface area contributed by atoms with Crippen molar-refractivity contribution in [1.29, 1.82) is 5.26 Å². The lowest BCUT2D eigenvalue weighted by molar-refractivity contribution is 0.0954. The first-order valence-electron chi connectivity index (χ1n) is 10.3. The van der Waals surface area contributed by atoms with Gasteiger partial charge in [0.25, 0.3) is 11.8 Å². The van der Waals surface area contributed by atoms with E-state index < -0.39 is 0 Å². The highest BCUT2D eigenvalue weighted by molar-refractivity contribution is 5.94. The van der Waals surface area contributed by atoms with Crippen LogP contribution in [0.3, 0.4) is 0 Å². The molecule has 0 aliphatic rings. The Morgan fingerprint density at radius 1 is 1.12 bits per heavy atom. The number of nitrogens with one attached hydrogen (secondary N) is 1. The van der Waals surface area contributed by atoms with Crippen LogP contribution in [-0.2, 0) is 0 Å². The summed E-state index contributed by atoms with van der Waals surface area (Å²) in [6, 6.07) is 16.8. The minimum atomic E-state index is -0.231. The zero-order valence-corrected chi connectivity index (χ0v) is 18.5. The Morgan fingerprint density at radius 2 is 1.85 bits per heavy atom. The number of carbonyl (C=O) groups excluding carboxylic acids is 1. The zero-order valence-electron chi connectivity index (χ0n) is 18.5. The summed E-state index contributed by atoms with van der Waals surface area (Å²) in [5, 5.41) is 24.2. The van der Waals surface area contributed by atoms with Crippen LogP contribution < -0.4 is 10.1 Å². The van der Waals surface area contributed by atoms with E-state index in [1.54, 1.807) is 30.8 Å². The van der Waals surface area contributed by atoms with Gasteiger partial charge in [-0.1, -0.05) is 0 Å². The van der Waals surface area contributed by atoms with Crippen LogP contribution in [0.15, 0.2) is 52.9 Å². The molecule has 166 valence electrons. The Morgan fingerprint density at radius 3 is 2.45 bits per heavy atom. The molecule has 1 amide bonds. The van der Waals surface area contributed by atoms with Crippen LogP contribution in [-0.4, -0.2) is 39.5 Å². The van der Waals surface area contributed by atoms with Crippen molar-refractivity contribution in [2.75, 3.05) is 13.7 Å². The van der Waals surface area contributed by atoms with E-state index in [1.165, 1.54) is 0 Å². The van der Waals surface area contributed by atoms with Crippen molar-refractivity contribution in [2.45, 2.75) is 20.3 Å². The van der Waals surface area contributed by atoms with Crippen molar-refractivity contribution in [1.82, 2.24) is 25.3 Å². The summed E-state index contributed by atoms with van der Waals surface area (Å²) in [5.41, 5.74) is 4.51. The minimum absolute atomic E-state index is 0.231. The first kappa shape index (κ1) is 21.8. The van der Waals surface area contributed by atoms with E-state index >= 15 is 0 Å².